The van der Waals surface area contributed by atoms with Crippen LogP contribution in [0.5, 0.6) is 5.75 Å². The highest BCUT2D eigenvalue weighted by atomic mass is 79.9. The highest BCUT2D eigenvalue weighted by Gasteiger charge is 2.35. The second kappa shape index (κ2) is 13.5. The number of aryl methyl sites for hydroxylation is 1. The number of fused-ring (bicyclic) bond motifs is 3. The Balaban J connectivity index is 0.000000182. The smallest absolute Gasteiger partial charge is 0.261 e. The molecule has 212 valence electrons. The molecule has 0 N–H and O–H groups in total. The second-order valence-corrected chi connectivity index (χ2v) is 11.8. The predicted octanol–water partition coefficient (Wildman–Crippen LogP) is 6.25. The van der Waals surface area contributed by atoms with E-state index in [0.717, 1.165) is 36.1 Å². The predicted molar refractivity (Wildman–Crippen MR) is 162 cm³/mol. The SMILES string of the molecule is O=C1c2ccccc2C(=O)N1CCCCBr.O=C1c2ccccc2C(=O)N1CCCOc1cccc2c1SCCC2. The lowest BCUT2D eigenvalue weighted by Gasteiger charge is -2.19. The van der Waals surface area contributed by atoms with Crippen LogP contribution in [-0.4, -0.2) is 64.2 Å². The molecule has 0 unspecified atom stereocenters. The molecule has 0 saturated heterocycles. The number of carbonyl (C=O) groups is 4. The zero-order valence-electron chi connectivity index (χ0n) is 22.6. The Labute approximate surface area is 252 Å². The number of thioether (sulfide) groups is 1. The largest absolute Gasteiger partial charge is 0.492 e. The molecule has 3 aromatic carbocycles. The first-order chi connectivity index (χ1) is 20.0. The number of imide groups is 2. The maximum atomic E-state index is 12.3. The molecular formula is C32H31BrN2O5S. The summed E-state index contributed by atoms with van der Waals surface area (Å²) in [7, 11) is 0. The minimum Gasteiger partial charge on any atom is -0.492 e. The first-order valence-corrected chi connectivity index (χ1v) is 16.0. The van der Waals surface area contributed by atoms with Crippen molar-refractivity contribution >= 4 is 51.3 Å². The van der Waals surface area contributed by atoms with Crippen molar-refractivity contribution in [3.05, 3.63) is 94.5 Å². The fourth-order valence-corrected chi connectivity index (χ4v) is 6.64. The van der Waals surface area contributed by atoms with Crippen LogP contribution in [0, 0.1) is 0 Å². The van der Waals surface area contributed by atoms with Crippen molar-refractivity contribution in [2.24, 2.45) is 0 Å². The number of unbranched alkanes of at least 4 members (excludes halogenated alkanes) is 1. The summed E-state index contributed by atoms with van der Waals surface area (Å²) in [5, 5.41) is 0.899. The van der Waals surface area contributed by atoms with Gasteiger partial charge in [-0.1, -0.05) is 52.3 Å². The van der Waals surface area contributed by atoms with E-state index in [1.807, 2.05) is 23.9 Å². The van der Waals surface area contributed by atoms with Gasteiger partial charge >= 0.3 is 0 Å². The van der Waals surface area contributed by atoms with Crippen molar-refractivity contribution in [1.82, 2.24) is 9.80 Å². The molecule has 6 rings (SSSR count). The molecular weight excluding hydrogens is 604 g/mol. The van der Waals surface area contributed by atoms with Gasteiger partial charge in [-0.15, -0.1) is 11.8 Å². The molecule has 0 atom stereocenters. The second-order valence-electron chi connectivity index (χ2n) is 9.91. The first-order valence-electron chi connectivity index (χ1n) is 13.8. The van der Waals surface area contributed by atoms with Gasteiger partial charge in [0.05, 0.1) is 33.8 Å². The highest BCUT2D eigenvalue weighted by Crippen LogP contribution is 2.37. The summed E-state index contributed by atoms with van der Waals surface area (Å²) in [6.45, 7) is 1.39. The average Bonchev–Trinajstić information content (AvgIpc) is 3.40. The van der Waals surface area contributed by atoms with E-state index >= 15 is 0 Å². The molecule has 3 heterocycles. The number of nitrogens with zero attached hydrogens (tertiary/aromatic N) is 2. The molecule has 0 saturated carbocycles. The summed E-state index contributed by atoms with van der Waals surface area (Å²) in [5.74, 6) is 1.33. The third kappa shape index (κ3) is 6.26. The topological polar surface area (TPSA) is 84.0 Å². The van der Waals surface area contributed by atoms with Crippen LogP contribution in [-0.2, 0) is 6.42 Å². The Kier molecular flexibility index (Phi) is 9.57. The molecule has 0 radical (unpaired) electrons. The number of rotatable bonds is 9. The third-order valence-corrected chi connectivity index (χ3v) is 9.01. The van der Waals surface area contributed by atoms with Crippen molar-refractivity contribution < 1.29 is 23.9 Å². The Hall–Kier alpha value is -3.43. The lowest BCUT2D eigenvalue weighted by atomic mass is 10.1. The van der Waals surface area contributed by atoms with Crippen LogP contribution in [0.2, 0.25) is 0 Å². The molecule has 3 aromatic rings. The number of halogens is 1. The van der Waals surface area contributed by atoms with Gasteiger partial charge in [0, 0.05) is 18.4 Å². The van der Waals surface area contributed by atoms with Gasteiger partial charge < -0.3 is 4.74 Å². The van der Waals surface area contributed by atoms with Crippen molar-refractivity contribution in [2.75, 3.05) is 30.8 Å². The Morgan fingerprint density at radius 3 is 1.76 bits per heavy atom. The normalized spacial score (nSPS) is 15.3. The number of carbonyl (C=O) groups excluding carboxylic acids is 4. The minimum absolute atomic E-state index is 0.157. The van der Waals surface area contributed by atoms with Gasteiger partial charge in [0.2, 0.25) is 0 Å². The number of alkyl halides is 1. The van der Waals surface area contributed by atoms with Gasteiger partial charge in [-0.2, -0.15) is 0 Å². The van der Waals surface area contributed by atoms with Gasteiger partial charge in [0.25, 0.3) is 23.6 Å². The molecule has 41 heavy (non-hydrogen) atoms. The standard InChI is InChI=1S/C20H19NO3S.C12H12BrNO2/c22-19-15-8-1-2-9-16(15)20(23)21(19)11-5-12-24-17-10-3-6-14-7-4-13-25-18(14)17;13-7-3-4-8-14-11(15)9-5-1-2-6-10(9)12(14)16/h1-3,6,8-10H,4-5,7,11-13H2;1-2,5-6H,3-4,7-8H2. The van der Waals surface area contributed by atoms with Gasteiger partial charge in [0.1, 0.15) is 5.75 Å². The van der Waals surface area contributed by atoms with Crippen LogP contribution in [0.25, 0.3) is 0 Å². The van der Waals surface area contributed by atoms with Crippen LogP contribution in [0.3, 0.4) is 0 Å². The van der Waals surface area contributed by atoms with Crippen molar-refractivity contribution in [2.45, 2.75) is 37.0 Å². The van der Waals surface area contributed by atoms with Crippen LogP contribution in [0.1, 0.15) is 72.7 Å². The van der Waals surface area contributed by atoms with Crippen molar-refractivity contribution in [3.8, 4) is 5.75 Å². The van der Waals surface area contributed by atoms with Gasteiger partial charge in [-0.3, -0.25) is 29.0 Å². The van der Waals surface area contributed by atoms with E-state index in [4.69, 9.17) is 4.74 Å². The Morgan fingerprint density at radius 2 is 1.22 bits per heavy atom. The summed E-state index contributed by atoms with van der Waals surface area (Å²) in [4.78, 5) is 52.3. The van der Waals surface area contributed by atoms with Crippen LogP contribution in [0.15, 0.2) is 71.6 Å². The molecule has 7 nitrogen and oxygen atoms in total. The van der Waals surface area contributed by atoms with Crippen LogP contribution in [0.4, 0.5) is 0 Å². The van der Waals surface area contributed by atoms with Gasteiger partial charge in [0.15, 0.2) is 0 Å². The zero-order chi connectivity index (χ0) is 28.8. The summed E-state index contributed by atoms with van der Waals surface area (Å²) in [6.07, 6.45) is 4.75. The molecule has 3 aliphatic rings. The van der Waals surface area contributed by atoms with Crippen LogP contribution < -0.4 is 4.74 Å². The maximum Gasteiger partial charge on any atom is 0.261 e. The molecule has 0 aromatic heterocycles. The van der Waals surface area contributed by atoms with E-state index in [1.54, 1.807) is 48.5 Å². The fourth-order valence-electron chi connectivity index (χ4n) is 5.13. The van der Waals surface area contributed by atoms with E-state index in [2.05, 4.69) is 22.0 Å². The van der Waals surface area contributed by atoms with E-state index < -0.39 is 0 Å². The van der Waals surface area contributed by atoms with Crippen LogP contribution >= 0.6 is 27.7 Å². The summed E-state index contributed by atoms with van der Waals surface area (Å²) in [5.41, 5.74) is 3.43. The molecule has 0 fully saturated rings. The maximum absolute atomic E-state index is 12.3. The lowest BCUT2D eigenvalue weighted by molar-refractivity contribution is 0.0633. The minimum atomic E-state index is -0.201. The van der Waals surface area contributed by atoms with E-state index in [-0.39, 0.29) is 23.6 Å². The molecule has 0 bridgehead atoms. The van der Waals surface area contributed by atoms with Gasteiger partial charge in [-0.25, -0.2) is 0 Å². The average molecular weight is 636 g/mol. The zero-order valence-corrected chi connectivity index (χ0v) is 25.0. The van der Waals surface area contributed by atoms with Crippen molar-refractivity contribution in [3.63, 3.8) is 0 Å². The monoisotopic (exact) mass is 634 g/mol. The molecule has 9 heteroatoms. The first kappa shape index (κ1) is 29.1. The van der Waals surface area contributed by atoms with E-state index in [0.29, 0.717) is 48.4 Å². The van der Waals surface area contributed by atoms with Crippen molar-refractivity contribution in [1.29, 1.82) is 0 Å². The number of ether oxygens (including phenoxy) is 1. The number of hydrogen-bond donors (Lipinski definition) is 0. The summed E-state index contributed by atoms with van der Waals surface area (Å²) < 4.78 is 5.94. The summed E-state index contributed by atoms with van der Waals surface area (Å²) >= 11 is 5.18. The molecule has 0 spiro atoms. The lowest BCUT2D eigenvalue weighted by Crippen LogP contribution is -2.31. The van der Waals surface area contributed by atoms with E-state index in [9.17, 15) is 19.2 Å². The number of benzene rings is 3. The molecule has 0 aliphatic carbocycles. The molecule has 3 aliphatic heterocycles. The van der Waals surface area contributed by atoms with E-state index in [1.165, 1.54) is 26.7 Å². The fraction of sp³-hybridized carbons (Fsp3) is 0.312. The van der Waals surface area contributed by atoms with Gasteiger partial charge in [-0.05, 0) is 73.8 Å². The summed E-state index contributed by atoms with van der Waals surface area (Å²) in [6, 6.07) is 20.2. The quantitative estimate of drug-likeness (QED) is 0.157. The number of hydrogen-bond acceptors (Lipinski definition) is 6. The third-order valence-electron chi connectivity index (χ3n) is 7.20. The molecule has 4 amide bonds. The highest BCUT2D eigenvalue weighted by molar-refractivity contribution is 9.09. The Morgan fingerprint density at radius 1 is 0.683 bits per heavy atom. The Bertz CT molecular complexity index is 1410. The number of amides is 4.